The molecule has 1 aromatic carbocycles. The van der Waals surface area contributed by atoms with Crippen LogP contribution in [0, 0.1) is 23.0 Å². The van der Waals surface area contributed by atoms with Gasteiger partial charge in [0, 0.05) is 23.7 Å². The van der Waals surface area contributed by atoms with Gasteiger partial charge in [-0.1, -0.05) is 26.0 Å². The Labute approximate surface area is 127 Å². The van der Waals surface area contributed by atoms with Crippen LogP contribution in [0.2, 0.25) is 0 Å². The number of nitro groups is 1. The zero-order chi connectivity index (χ0) is 16.2. The maximum Gasteiger partial charge on any atom is 0.272 e. The second-order valence-corrected chi connectivity index (χ2v) is 6.16. The van der Waals surface area contributed by atoms with Crippen molar-refractivity contribution in [2.45, 2.75) is 46.2 Å². The molecular formula is C16H27N3O2. The smallest absolute Gasteiger partial charge is 0.272 e. The first-order chi connectivity index (χ1) is 9.73. The van der Waals surface area contributed by atoms with Crippen LogP contribution >= 0.6 is 0 Å². The van der Waals surface area contributed by atoms with E-state index in [-0.39, 0.29) is 22.7 Å². The first-order valence-corrected chi connectivity index (χ1v) is 7.44. The van der Waals surface area contributed by atoms with Crippen molar-refractivity contribution < 1.29 is 4.92 Å². The van der Waals surface area contributed by atoms with Crippen LogP contribution in [0.4, 0.5) is 5.69 Å². The zero-order valence-corrected chi connectivity index (χ0v) is 13.7. The van der Waals surface area contributed by atoms with E-state index in [4.69, 9.17) is 5.73 Å². The molecule has 1 rings (SSSR count). The molecule has 0 fully saturated rings. The molecule has 0 saturated heterocycles. The molecule has 0 amide bonds. The highest BCUT2D eigenvalue weighted by Crippen LogP contribution is 2.26. The van der Waals surface area contributed by atoms with Crippen LogP contribution in [-0.4, -0.2) is 29.5 Å². The highest BCUT2D eigenvalue weighted by atomic mass is 16.6. The van der Waals surface area contributed by atoms with Crippen molar-refractivity contribution >= 4 is 5.69 Å². The topological polar surface area (TPSA) is 72.4 Å². The van der Waals surface area contributed by atoms with Crippen LogP contribution in [0.15, 0.2) is 18.2 Å². The van der Waals surface area contributed by atoms with E-state index in [1.165, 1.54) is 0 Å². The summed E-state index contributed by atoms with van der Waals surface area (Å²) in [4.78, 5) is 12.9. The van der Waals surface area contributed by atoms with E-state index in [1.54, 1.807) is 13.0 Å². The summed E-state index contributed by atoms with van der Waals surface area (Å²) in [5.74, 6) is 0.467. The van der Waals surface area contributed by atoms with E-state index in [2.05, 4.69) is 25.7 Å². The van der Waals surface area contributed by atoms with Gasteiger partial charge in [0.15, 0.2) is 0 Å². The second kappa shape index (κ2) is 7.52. The number of nitrogens with two attached hydrogens (primary N) is 1. The first kappa shape index (κ1) is 17.6. The summed E-state index contributed by atoms with van der Waals surface area (Å²) < 4.78 is 0. The van der Waals surface area contributed by atoms with Crippen LogP contribution in [0.1, 0.15) is 44.4 Å². The molecule has 21 heavy (non-hydrogen) atoms. The number of benzene rings is 1. The summed E-state index contributed by atoms with van der Waals surface area (Å²) >= 11 is 0. The third-order valence-corrected chi connectivity index (χ3v) is 4.24. The Balaban J connectivity index is 2.76. The fourth-order valence-electron chi connectivity index (χ4n) is 2.22. The highest BCUT2D eigenvalue weighted by molar-refractivity contribution is 5.43. The Bertz CT molecular complexity index is 488. The lowest BCUT2D eigenvalue weighted by Gasteiger charge is -2.27. The summed E-state index contributed by atoms with van der Waals surface area (Å²) in [5.41, 5.74) is 7.92. The predicted molar refractivity (Wildman–Crippen MR) is 86.3 cm³/mol. The highest BCUT2D eigenvalue weighted by Gasteiger charge is 2.18. The van der Waals surface area contributed by atoms with Crippen molar-refractivity contribution in [1.82, 2.24) is 4.90 Å². The van der Waals surface area contributed by atoms with E-state index in [9.17, 15) is 10.1 Å². The summed E-state index contributed by atoms with van der Waals surface area (Å²) in [6.45, 7) is 8.95. The second-order valence-electron chi connectivity index (χ2n) is 6.16. The molecule has 5 nitrogen and oxygen atoms in total. The molecule has 118 valence electrons. The van der Waals surface area contributed by atoms with Gasteiger partial charge in [-0.25, -0.2) is 0 Å². The van der Waals surface area contributed by atoms with Gasteiger partial charge >= 0.3 is 0 Å². The minimum Gasteiger partial charge on any atom is -0.327 e. The van der Waals surface area contributed by atoms with Crippen molar-refractivity contribution in [3.05, 3.63) is 39.4 Å². The minimum atomic E-state index is -0.319. The van der Waals surface area contributed by atoms with Crippen molar-refractivity contribution in [3.63, 3.8) is 0 Å². The first-order valence-electron chi connectivity index (χ1n) is 7.44. The summed E-state index contributed by atoms with van der Waals surface area (Å²) in [6.07, 6.45) is 0.923. The monoisotopic (exact) mass is 293 g/mol. The minimum absolute atomic E-state index is 0.128. The molecule has 2 N–H and O–H groups in total. The van der Waals surface area contributed by atoms with E-state index in [0.29, 0.717) is 11.5 Å². The SMILES string of the molecule is Cc1ccc(C(C)N(C)CCC(N)C(C)C)cc1[N+](=O)[O-]. The molecule has 5 heteroatoms. The maximum absolute atomic E-state index is 11.0. The molecule has 0 saturated carbocycles. The number of hydrogen-bond acceptors (Lipinski definition) is 4. The Morgan fingerprint density at radius 3 is 2.48 bits per heavy atom. The molecule has 2 unspecified atom stereocenters. The van der Waals surface area contributed by atoms with Gasteiger partial charge in [-0.05, 0) is 45.3 Å². The van der Waals surface area contributed by atoms with E-state index in [0.717, 1.165) is 18.5 Å². The van der Waals surface area contributed by atoms with Crippen molar-refractivity contribution in [1.29, 1.82) is 0 Å². The van der Waals surface area contributed by atoms with Gasteiger partial charge < -0.3 is 5.73 Å². The van der Waals surface area contributed by atoms with Gasteiger partial charge in [0.1, 0.15) is 0 Å². The normalized spacial score (nSPS) is 14.5. The number of hydrogen-bond donors (Lipinski definition) is 1. The molecule has 0 spiro atoms. The number of nitro benzene ring substituents is 1. The largest absolute Gasteiger partial charge is 0.327 e. The Hall–Kier alpha value is -1.46. The van der Waals surface area contributed by atoms with Gasteiger partial charge in [-0.15, -0.1) is 0 Å². The number of aryl methyl sites for hydroxylation is 1. The molecule has 0 aromatic heterocycles. The van der Waals surface area contributed by atoms with Crippen LogP contribution in [-0.2, 0) is 0 Å². The lowest BCUT2D eigenvalue weighted by atomic mass is 10.0. The van der Waals surface area contributed by atoms with E-state index < -0.39 is 0 Å². The fraction of sp³-hybridized carbons (Fsp3) is 0.625. The van der Waals surface area contributed by atoms with Crippen LogP contribution in [0.25, 0.3) is 0 Å². The quantitative estimate of drug-likeness (QED) is 0.618. The Kier molecular flexibility index (Phi) is 6.30. The zero-order valence-electron chi connectivity index (χ0n) is 13.7. The third kappa shape index (κ3) is 4.79. The maximum atomic E-state index is 11.0. The molecule has 1 aromatic rings. The fourth-order valence-corrected chi connectivity index (χ4v) is 2.22. The molecule has 0 aliphatic heterocycles. The molecule has 0 bridgehead atoms. The van der Waals surface area contributed by atoms with Crippen LogP contribution in [0.5, 0.6) is 0 Å². The van der Waals surface area contributed by atoms with Crippen molar-refractivity contribution in [2.24, 2.45) is 11.7 Å². The third-order valence-electron chi connectivity index (χ3n) is 4.24. The van der Waals surface area contributed by atoms with Gasteiger partial charge in [-0.3, -0.25) is 15.0 Å². The Morgan fingerprint density at radius 2 is 1.95 bits per heavy atom. The summed E-state index contributed by atoms with van der Waals surface area (Å²) in [6, 6.07) is 5.78. The van der Waals surface area contributed by atoms with Gasteiger partial charge in [0.25, 0.3) is 5.69 Å². The average Bonchev–Trinajstić information content (AvgIpc) is 2.43. The summed E-state index contributed by atoms with van der Waals surface area (Å²) in [5, 5.41) is 11.0. The molecule has 0 aliphatic rings. The molecular weight excluding hydrogens is 266 g/mol. The average molecular weight is 293 g/mol. The van der Waals surface area contributed by atoms with E-state index in [1.807, 2.05) is 19.2 Å². The predicted octanol–water partition coefficient (Wildman–Crippen LogP) is 3.27. The van der Waals surface area contributed by atoms with Crippen LogP contribution in [0.3, 0.4) is 0 Å². The molecule has 0 heterocycles. The van der Waals surface area contributed by atoms with Crippen LogP contribution < -0.4 is 5.73 Å². The number of nitrogens with zero attached hydrogens (tertiary/aromatic N) is 2. The standard InChI is InChI=1S/C16H27N3O2/c1-11(2)15(17)8-9-18(5)13(4)14-7-6-12(3)16(10-14)19(20)21/h6-7,10-11,13,15H,8-9,17H2,1-5H3. The van der Waals surface area contributed by atoms with Gasteiger partial charge in [-0.2, -0.15) is 0 Å². The lowest BCUT2D eigenvalue weighted by molar-refractivity contribution is -0.385. The van der Waals surface area contributed by atoms with Gasteiger partial charge in [0.2, 0.25) is 0 Å². The molecule has 0 radical (unpaired) electrons. The number of rotatable bonds is 7. The summed E-state index contributed by atoms with van der Waals surface area (Å²) in [7, 11) is 2.03. The van der Waals surface area contributed by atoms with Crippen molar-refractivity contribution in [2.75, 3.05) is 13.6 Å². The Morgan fingerprint density at radius 1 is 1.33 bits per heavy atom. The van der Waals surface area contributed by atoms with Crippen molar-refractivity contribution in [3.8, 4) is 0 Å². The van der Waals surface area contributed by atoms with Gasteiger partial charge in [0.05, 0.1) is 4.92 Å². The molecule has 0 aliphatic carbocycles. The molecule has 2 atom stereocenters. The lowest BCUT2D eigenvalue weighted by Crippen LogP contribution is -2.32. The van der Waals surface area contributed by atoms with E-state index >= 15 is 0 Å².